The smallest absolute Gasteiger partial charge is 0.318 e. The third-order valence-corrected chi connectivity index (χ3v) is 3.77. The molecule has 4 nitrogen and oxygen atoms in total. The zero-order valence-electron chi connectivity index (χ0n) is 11.2. The second-order valence-corrected chi connectivity index (χ2v) is 5.30. The van der Waals surface area contributed by atoms with E-state index < -0.39 is 0 Å². The van der Waals surface area contributed by atoms with Gasteiger partial charge in [0.05, 0.1) is 0 Å². The highest BCUT2D eigenvalue weighted by atomic mass is 16.5. The molecule has 0 N–H and O–H groups in total. The Balaban J connectivity index is 2.06. The minimum absolute atomic E-state index is 0.185. The molecular formula is C14H19N3O. The predicted molar refractivity (Wildman–Crippen MR) is 68.1 cm³/mol. The van der Waals surface area contributed by atoms with Crippen molar-refractivity contribution < 1.29 is 4.74 Å². The van der Waals surface area contributed by atoms with E-state index in [2.05, 4.69) is 23.8 Å². The molecule has 1 aromatic heterocycles. The number of aryl methyl sites for hydroxylation is 1. The molecule has 3 unspecified atom stereocenters. The van der Waals surface area contributed by atoms with Crippen LogP contribution in [0.15, 0.2) is 6.07 Å². The van der Waals surface area contributed by atoms with Crippen molar-refractivity contribution in [3.8, 4) is 12.1 Å². The number of ether oxygens (including phenoxy) is 1. The van der Waals surface area contributed by atoms with Gasteiger partial charge in [-0.05, 0) is 44.1 Å². The number of nitriles is 1. The Morgan fingerprint density at radius 3 is 2.72 bits per heavy atom. The summed E-state index contributed by atoms with van der Waals surface area (Å²) in [6, 6.07) is 4.04. The van der Waals surface area contributed by atoms with Crippen LogP contribution in [-0.4, -0.2) is 16.1 Å². The van der Waals surface area contributed by atoms with Crippen molar-refractivity contribution >= 4 is 0 Å². The summed E-state index contributed by atoms with van der Waals surface area (Å²) < 4.78 is 5.82. The lowest BCUT2D eigenvalue weighted by atomic mass is 9.80. The molecule has 0 spiro atoms. The zero-order chi connectivity index (χ0) is 13.1. The summed E-state index contributed by atoms with van der Waals surface area (Å²) >= 11 is 0. The number of hydrogen-bond acceptors (Lipinski definition) is 4. The Bertz CT molecular complexity index is 467. The molecule has 18 heavy (non-hydrogen) atoms. The Morgan fingerprint density at radius 2 is 2.06 bits per heavy atom. The molecule has 0 saturated heterocycles. The van der Waals surface area contributed by atoms with E-state index in [4.69, 9.17) is 10.00 Å². The average Bonchev–Trinajstić information content (AvgIpc) is 2.33. The van der Waals surface area contributed by atoms with Crippen LogP contribution in [0.25, 0.3) is 0 Å². The van der Waals surface area contributed by atoms with E-state index in [0.29, 0.717) is 17.6 Å². The predicted octanol–water partition coefficient (Wildman–Crippen LogP) is 2.86. The van der Waals surface area contributed by atoms with Crippen LogP contribution >= 0.6 is 0 Å². The first-order valence-corrected chi connectivity index (χ1v) is 6.51. The number of hydrogen-bond donors (Lipinski definition) is 0. The Labute approximate surface area is 108 Å². The van der Waals surface area contributed by atoms with Crippen LogP contribution in [0.2, 0.25) is 0 Å². The first-order valence-electron chi connectivity index (χ1n) is 6.51. The van der Waals surface area contributed by atoms with Gasteiger partial charge in [-0.25, -0.2) is 4.98 Å². The molecule has 1 fully saturated rings. The zero-order valence-corrected chi connectivity index (χ0v) is 11.2. The summed E-state index contributed by atoms with van der Waals surface area (Å²) in [7, 11) is 0. The van der Waals surface area contributed by atoms with Crippen molar-refractivity contribution in [1.82, 2.24) is 9.97 Å². The fraction of sp³-hybridized carbons (Fsp3) is 0.643. The van der Waals surface area contributed by atoms with Crippen LogP contribution in [0.3, 0.4) is 0 Å². The lowest BCUT2D eigenvalue weighted by Gasteiger charge is -2.31. The standard InChI is InChI=1S/C14H19N3O/c1-9-4-5-13(6-10(9)2)18-14-16-11(3)7-12(8-15)17-14/h7,9-10,13H,4-6H2,1-3H3. The van der Waals surface area contributed by atoms with E-state index in [9.17, 15) is 0 Å². The van der Waals surface area contributed by atoms with Gasteiger partial charge >= 0.3 is 6.01 Å². The molecule has 1 aliphatic rings. The summed E-state index contributed by atoms with van der Waals surface area (Å²) in [6.07, 6.45) is 3.46. The highest BCUT2D eigenvalue weighted by molar-refractivity contribution is 5.23. The molecule has 4 heteroatoms. The summed E-state index contributed by atoms with van der Waals surface area (Å²) in [5, 5.41) is 8.87. The van der Waals surface area contributed by atoms with Crippen molar-refractivity contribution in [2.24, 2.45) is 11.8 Å². The van der Waals surface area contributed by atoms with Crippen LogP contribution in [-0.2, 0) is 0 Å². The lowest BCUT2D eigenvalue weighted by Crippen LogP contribution is -2.29. The third-order valence-electron chi connectivity index (χ3n) is 3.77. The Kier molecular flexibility index (Phi) is 3.81. The molecule has 96 valence electrons. The van der Waals surface area contributed by atoms with Crippen molar-refractivity contribution in [2.75, 3.05) is 0 Å². The molecule has 1 saturated carbocycles. The largest absolute Gasteiger partial charge is 0.460 e. The van der Waals surface area contributed by atoms with E-state index in [-0.39, 0.29) is 6.10 Å². The van der Waals surface area contributed by atoms with Crippen molar-refractivity contribution in [3.05, 3.63) is 17.5 Å². The second-order valence-electron chi connectivity index (χ2n) is 5.30. The van der Waals surface area contributed by atoms with Gasteiger partial charge < -0.3 is 4.74 Å². The number of nitrogens with zero attached hydrogens (tertiary/aromatic N) is 3. The van der Waals surface area contributed by atoms with E-state index >= 15 is 0 Å². The van der Waals surface area contributed by atoms with Crippen molar-refractivity contribution in [1.29, 1.82) is 5.26 Å². The molecule has 0 amide bonds. The van der Waals surface area contributed by atoms with Gasteiger partial charge in [0.2, 0.25) is 0 Å². The quantitative estimate of drug-likeness (QED) is 0.803. The van der Waals surface area contributed by atoms with Crippen LogP contribution < -0.4 is 4.74 Å². The normalized spacial score (nSPS) is 27.6. The van der Waals surface area contributed by atoms with Crippen LogP contribution in [0.1, 0.15) is 44.5 Å². The van der Waals surface area contributed by atoms with Gasteiger partial charge in [0.15, 0.2) is 0 Å². The summed E-state index contributed by atoms with van der Waals surface area (Å²) in [6.45, 7) is 6.40. The van der Waals surface area contributed by atoms with Gasteiger partial charge in [0.1, 0.15) is 17.9 Å². The first kappa shape index (κ1) is 12.8. The van der Waals surface area contributed by atoms with E-state index in [1.807, 2.05) is 13.0 Å². The van der Waals surface area contributed by atoms with E-state index in [1.165, 1.54) is 6.42 Å². The molecule has 1 aliphatic carbocycles. The minimum atomic E-state index is 0.185. The van der Waals surface area contributed by atoms with Crippen LogP contribution in [0.5, 0.6) is 6.01 Å². The summed E-state index contributed by atoms with van der Waals surface area (Å²) in [4.78, 5) is 8.33. The molecule has 0 radical (unpaired) electrons. The topological polar surface area (TPSA) is 58.8 Å². The van der Waals surface area contributed by atoms with Gasteiger partial charge in [-0.1, -0.05) is 13.8 Å². The molecular weight excluding hydrogens is 226 g/mol. The maximum atomic E-state index is 8.87. The van der Waals surface area contributed by atoms with Crippen LogP contribution in [0, 0.1) is 30.1 Å². The molecule has 1 heterocycles. The van der Waals surface area contributed by atoms with Crippen molar-refractivity contribution in [3.63, 3.8) is 0 Å². The van der Waals surface area contributed by atoms with Crippen LogP contribution in [0.4, 0.5) is 0 Å². The molecule has 0 bridgehead atoms. The van der Waals surface area contributed by atoms with E-state index in [0.717, 1.165) is 24.5 Å². The summed E-state index contributed by atoms with van der Waals surface area (Å²) in [5.41, 5.74) is 1.14. The third kappa shape index (κ3) is 2.98. The maximum Gasteiger partial charge on any atom is 0.318 e. The van der Waals surface area contributed by atoms with Crippen molar-refractivity contribution in [2.45, 2.75) is 46.1 Å². The number of aromatic nitrogens is 2. The summed E-state index contributed by atoms with van der Waals surface area (Å²) in [5.74, 6) is 1.43. The average molecular weight is 245 g/mol. The van der Waals surface area contributed by atoms with Gasteiger partial charge in [-0.3, -0.25) is 0 Å². The first-order chi connectivity index (χ1) is 8.58. The lowest BCUT2D eigenvalue weighted by molar-refractivity contribution is 0.0917. The number of rotatable bonds is 2. The van der Waals surface area contributed by atoms with Gasteiger partial charge in [-0.15, -0.1) is 0 Å². The second kappa shape index (κ2) is 5.34. The fourth-order valence-corrected chi connectivity index (χ4v) is 2.41. The van der Waals surface area contributed by atoms with Gasteiger partial charge in [0.25, 0.3) is 0 Å². The van der Waals surface area contributed by atoms with Gasteiger partial charge in [-0.2, -0.15) is 10.2 Å². The molecule has 2 rings (SSSR count). The minimum Gasteiger partial charge on any atom is -0.460 e. The molecule has 0 aromatic carbocycles. The van der Waals surface area contributed by atoms with Gasteiger partial charge in [0, 0.05) is 5.69 Å². The fourth-order valence-electron chi connectivity index (χ4n) is 2.41. The SMILES string of the molecule is Cc1cc(C#N)nc(OC2CCC(C)C(C)C2)n1. The highest BCUT2D eigenvalue weighted by Crippen LogP contribution is 2.31. The maximum absolute atomic E-state index is 8.87. The molecule has 1 aromatic rings. The highest BCUT2D eigenvalue weighted by Gasteiger charge is 2.26. The Morgan fingerprint density at radius 1 is 1.28 bits per heavy atom. The van der Waals surface area contributed by atoms with E-state index in [1.54, 1.807) is 6.07 Å². The molecule has 0 aliphatic heterocycles. The molecule has 3 atom stereocenters. The monoisotopic (exact) mass is 245 g/mol. The Hall–Kier alpha value is -1.63.